The molecule has 1 aromatic rings. The van der Waals surface area contributed by atoms with Crippen LogP contribution in [0.25, 0.3) is 0 Å². The summed E-state index contributed by atoms with van der Waals surface area (Å²) in [6.45, 7) is 2.12. The van der Waals surface area contributed by atoms with Gasteiger partial charge in [-0.1, -0.05) is 12.1 Å². The molecule has 1 saturated heterocycles. The van der Waals surface area contributed by atoms with Crippen LogP contribution in [0.2, 0.25) is 0 Å². The van der Waals surface area contributed by atoms with E-state index >= 15 is 0 Å². The van der Waals surface area contributed by atoms with Crippen LogP contribution in [0, 0.1) is 0 Å². The highest BCUT2D eigenvalue weighted by atomic mass is 16.7. The van der Waals surface area contributed by atoms with Crippen molar-refractivity contribution in [3.05, 3.63) is 29.8 Å². The Balaban J connectivity index is 1.90. The van der Waals surface area contributed by atoms with Crippen molar-refractivity contribution in [1.82, 2.24) is 0 Å². The molecule has 1 fully saturated rings. The lowest BCUT2D eigenvalue weighted by molar-refractivity contribution is -0.124. The van der Waals surface area contributed by atoms with Crippen molar-refractivity contribution in [3.63, 3.8) is 0 Å². The maximum atomic E-state index is 9.67. The first-order valence-electron chi connectivity index (χ1n) is 5.88. The number of aliphatic hydroxyl groups is 2. The molecule has 0 saturated carbocycles. The Morgan fingerprint density at radius 1 is 1.22 bits per heavy atom. The first-order chi connectivity index (χ1) is 8.61. The standard InChI is InChI=1S/C13H18O5/c1-8-12(11(14)13(15)18-8)17-7-9-3-5-10(16-2)6-4-9/h3-6,8,11-15H,7H2,1-2H3/t8-,11-,12+,13?/m1/s1. The van der Waals surface area contributed by atoms with Gasteiger partial charge in [-0.15, -0.1) is 0 Å². The molecule has 0 aromatic heterocycles. The first-order valence-corrected chi connectivity index (χ1v) is 5.88. The van der Waals surface area contributed by atoms with Gasteiger partial charge in [0.15, 0.2) is 6.29 Å². The van der Waals surface area contributed by atoms with Gasteiger partial charge in [0.05, 0.1) is 19.8 Å². The molecule has 1 aliphatic rings. The van der Waals surface area contributed by atoms with Gasteiger partial charge in [0.25, 0.3) is 0 Å². The average Bonchev–Trinajstić information content (AvgIpc) is 2.62. The lowest BCUT2D eigenvalue weighted by atomic mass is 10.1. The molecule has 1 aromatic carbocycles. The Bertz CT molecular complexity index is 377. The molecule has 18 heavy (non-hydrogen) atoms. The van der Waals surface area contributed by atoms with Crippen molar-refractivity contribution in [2.75, 3.05) is 7.11 Å². The average molecular weight is 254 g/mol. The topological polar surface area (TPSA) is 68.2 Å². The predicted octanol–water partition coefficient (Wildman–Crippen LogP) is 0.678. The summed E-state index contributed by atoms with van der Waals surface area (Å²) in [6, 6.07) is 7.47. The number of hydrogen-bond donors (Lipinski definition) is 2. The van der Waals surface area contributed by atoms with Crippen molar-refractivity contribution < 1.29 is 24.4 Å². The summed E-state index contributed by atoms with van der Waals surface area (Å²) < 4.78 is 15.7. The molecule has 1 aliphatic heterocycles. The number of ether oxygens (including phenoxy) is 3. The largest absolute Gasteiger partial charge is 0.497 e. The van der Waals surface area contributed by atoms with E-state index in [0.29, 0.717) is 6.61 Å². The van der Waals surface area contributed by atoms with Crippen LogP contribution in [-0.2, 0) is 16.1 Å². The highest BCUT2D eigenvalue weighted by Gasteiger charge is 2.41. The fraction of sp³-hybridized carbons (Fsp3) is 0.538. The van der Waals surface area contributed by atoms with E-state index in [1.165, 1.54) is 0 Å². The maximum Gasteiger partial charge on any atom is 0.183 e. The number of aliphatic hydroxyl groups excluding tert-OH is 2. The minimum atomic E-state index is -1.17. The molecule has 5 nitrogen and oxygen atoms in total. The Hall–Kier alpha value is -1.14. The van der Waals surface area contributed by atoms with Crippen LogP contribution in [0.3, 0.4) is 0 Å². The zero-order valence-electron chi connectivity index (χ0n) is 10.4. The fourth-order valence-corrected chi connectivity index (χ4v) is 1.97. The molecule has 0 aliphatic carbocycles. The second-order valence-corrected chi connectivity index (χ2v) is 4.35. The van der Waals surface area contributed by atoms with E-state index in [0.717, 1.165) is 11.3 Å². The van der Waals surface area contributed by atoms with Crippen molar-refractivity contribution >= 4 is 0 Å². The molecule has 0 radical (unpaired) electrons. The molecule has 0 amide bonds. The summed E-state index contributed by atoms with van der Waals surface area (Å²) in [5, 5.41) is 19.0. The van der Waals surface area contributed by atoms with E-state index in [2.05, 4.69) is 0 Å². The van der Waals surface area contributed by atoms with E-state index in [-0.39, 0.29) is 6.10 Å². The molecular weight excluding hydrogens is 236 g/mol. The summed E-state index contributed by atoms with van der Waals surface area (Å²) in [5.74, 6) is 0.784. The van der Waals surface area contributed by atoms with E-state index in [4.69, 9.17) is 14.2 Å². The van der Waals surface area contributed by atoms with Gasteiger partial charge in [-0.05, 0) is 24.6 Å². The van der Waals surface area contributed by atoms with Crippen LogP contribution < -0.4 is 4.74 Å². The Kier molecular flexibility index (Phi) is 4.19. The van der Waals surface area contributed by atoms with Gasteiger partial charge in [0, 0.05) is 0 Å². The smallest absolute Gasteiger partial charge is 0.183 e. The van der Waals surface area contributed by atoms with Gasteiger partial charge in [-0.25, -0.2) is 0 Å². The second-order valence-electron chi connectivity index (χ2n) is 4.35. The van der Waals surface area contributed by atoms with E-state index in [1.54, 1.807) is 14.0 Å². The van der Waals surface area contributed by atoms with Gasteiger partial charge >= 0.3 is 0 Å². The monoisotopic (exact) mass is 254 g/mol. The third-order valence-corrected chi connectivity index (χ3v) is 3.05. The minimum Gasteiger partial charge on any atom is -0.497 e. The van der Waals surface area contributed by atoms with E-state index in [9.17, 15) is 10.2 Å². The number of methoxy groups -OCH3 is 1. The van der Waals surface area contributed by atoms with Gasteiger partial charge in [-0.3, -0.25) is 0 Å². The van der Waals surface area contributed by atoms with Crippen molar-refractivity contribution in [2.24, 2.45) is 0 Å². The molecule has 0 spiro atoms. The van der Waals surface area contributed by atoms with Crippen LogP contribution >= 0.6 is 0 Å². The maximum absolute atomic E-state index is 9.67. The normalized spacial score (nSPS) is 31.6. The summed E-state index contributed by atoms with van der Waals surface area (Å²) in [7, 11) is 1.61. The molecule has 0 bridgehead atoms. The summed E-state index contributed by atoms with van der Waals surface area (Å²) in [6.07, 6.45) is -3.01. The molecule has 1 heterocycles. The second kappa shape index (κ2) is 5.67. The van der Waals surface area contributed by atoms with Crippen LogP contribution in [0.5, 0.6) is 5.75 Å². The molecule has 2 rings (SSSR count). The fourth-order valence-electron chi connectivity index (χ4n) is 1.97. The van der Waals surface area contributed by atoms with Crippen molar-refractivity contribution in [3.8, 4) is 5.75 Å². The molecule has 4 atom stereocenters. The third-order valence-electron chi connectivity index (χ3n) is 3.05. The van der Waals surface area contributed by atoms with E-state index < -0.39 is 18.5 Å². The molecule has 1 unspecified atom stereocenters. The zero-order valence-corrected chi connectivity index (χ0v) is 10.4. The van der Waals surface area contributed by atoms with Gasteiger partial charge in [0.1, 0.15) is 18.0 Å². The van der Waals surface area contributed by atoms with Gasteiger partial charge in [-0.2, -0.15) is 0 Å². The Morgan fingerprint density at radius 3 is 2.39 bits per heavy atom. The summed E-state index contributed by atoms with van der Waals surface area (Å²) >= 11 is 0. The van der Waals surface area contributed by atoms with Crippen molar-refractivity contribution in [2.45, 2.75) is 38.1 Å². The molecule has 2 N–H and O–H groups in total. The zero-order chi connectivity index (χ0) is 13.1. The predicted molar refractivity (Wildman–Crippen MR) is 64.1 cm³/mol. The van der Waals surface area contributed by atoms with Crippen LogP contribution in [0.4, 0.5) is 0 Å². The Labute approximate surface area is 106 Å². The lowest BCUT2D eigenvalue weighted by Crippen LogP contribution is -2.34. The first kappa shape index (κ1) is 13.3. The van der Waals surface area contributed by atoms with Gasteiger partial charge in [0.2, 0.25) is 0 Å². The highest BCUT2D eigenvalue weighted by molar-refractivity contribution is 5.26. The molecule has 5 heteroatoms. The summed E-state index contributed by atoms with van der Waals surface area (Å²) in [4.78, 5) is 0. The van der Waals surface area contributed by atoms with Gasteiger partial charge < -0.3 is 24.4 Å². The quantitative estimate of drug-likeness (QED) is 0.827. The highest BCUT2D eigenvalue weighted by Crippen LogP contribution is 2.23. The van der Waals surface area contributed by atoms with Crippen molar-refractivity contribution in [1.29, 1.82) is 0 Å². The van der Waals surface area contributed by atoms with Crippen LogP contribution in [0.15, 0.2) is 24.3 Å². The number of rotatable bonds is 4. The summed E-state index contributed by atoms with van der Waals surface area (Å²) in [5.41, 5.74) is 0.969. The number of hydrogen-bond acceptors (Lipinski definition) is 5. The molecular formula is C13H18O5. The van der Waals surface area contributed by atoms with Crippen LogP contribution in [0.1, 0.15) is 12.5 Å². The SMILES string of the molecule is COc1ccc(CO[C@H]2[C@@H](C)OC(O)[C@@H]2O)cc1. The molecule has 100 valence electrons. The van der Waals surface area contributed by atoms with E-state index in [1.807, 2.05) is 24.3 Å². The lowest BCUT2D eigenvalue weighted by Gasteiger charge is -2.17. The minimum absolute atomic E-state index is 0.326. The number of benzene rings is 1. The third kappa shape index (κ3) is 2.81. The Morgan fingerprint density at radius 2 is 1.89 bits per heavy atom. The van der Waals surface area contributed by atoms with Crippen LogP contribution in [-0.4, -0.2) is 41.9 Å².